The summed E-state index contributed by atoms with van der Waals surface area (Å²) in [5, 5.41) is 0.465. The van der Waals surface area contributed by atoms with Crippen LogP contribution >= 0.6 is 11.3 Å². The summed E-state index contributed by atoms with van der Waals surface area (Å²) in [5.74, 6) is -0.783. The van der Waals surface area contributed by atoms with Gasteiger partial charge in [-0.15, -0.1) is 11.3 Å². The van der Waals surface area contributed by atoms with Gasteiger partial charge in [-0.25, -0.2) is 8.78 Å². The molecule has 0 spiro atoms. The maximum absolute atomic E-state index is 13.9. The Balaban J connectivity index is 1.66. The molecule has 1 saturated carbocycles. The van der Waals surface area contributed by atoms with Crippen molar-refractivity contribution in [2.24, 2.45) is 0 Å². The third kappa shape index (κ3) is 2.80. The van der Waals surface area contributed by atoms with Gasteiger partial charge < -0.3 is 4.90 Å². The fraction of sp³-hybridized carbons (Fsp3) is 0.211. The quantitative estimate of drug-likeness (QED) is 0.654. The van der Waals surface area contributed by atoms with E-state index in [4.69, 9.17) is 0 Å². The Hall–Kier alpha value is -2.27. The van der Waals surface area contributed by atoms with Gasteiger partial charge in [-0.05, 0) is 37.1 Å². The summed E-state index contributed by atoms with van der Waals surface area (Å²) in [6, 6.07) is 13.1. The van der Waals surface area contributed by atoms with Crippen LogP contribution in [0.15, 0.2) is 48.5 Å². The number of carbonyl (C=O) groups excluding carboxylic acids is 1. The molecule has 1 aromatic heterocycles. The standard InChI is InChI=1S/C19H15F2NOS/c20-15-5-2-1-4-12(15)11-22(13-8-9-13)19(23)18-10-14-16(21)6-3-7-17(14)24-18/h1-7,10,13H,8-9,11H2. The second-order valence-electron chi connectivity index (χ2n) is 6.02. The summed E-state index contributed by atoms with van der Waals surface area (Å²) >= 11 is 1.28. The largest absolute Gasteiger partial charge is 0.331 e. The molecule has 24 heavy (non-hydrogen) atoms. The van der Waals surface area contributed by atoms with Gasteiger partial charge in [0.05, 0.1) is 4.88 Å². The maximum Gasteiger partial charge on any atom is 0.264 e. The summed E-state index contributed by atoms with van der Waals surface area (Å²) in [4.78, 5) is 15.1. The first-order valence-electron chi connectivity index (χ1n) is 7.86. The third-order valence-corrected chi connectivity index (χ3v) is 5.35. The summed E-state index contributed by atoms with van der Waals surface area (Å²) in [5.41, 5.74) is 0.505. The molecule has 0 bridgehead atoms. The van der Waals surface area contributed by atoms with Gasteiger partial charge in [-0.3, -0.25) is 4.79 Å². The molecule has 2 nitrogen and oxygen atoms in total. The monoisotopic (exact) mass is 343 g/mol. The van der Waals surface area contributed by atoms with E-state index in [-0.39, 0.29) is 30.1 Å². The molecular weight excluding hydrogens is 328 g/mol. The lowest BCUT2D eigenvalue weighted by Crippen LogP contribution is -2.32. The van der Waals surface area contributed by atoms with E-state index >= 15 is 0 Å². The first-order chi connectivity index (χ1) is 11.6. The SMILES string of the molecule is O=C(c1cc2c(F)cccc2s1)N(Cc1ccccc1F)C1CC1. The highest BCUT2D eigenvalue weighted by Crippen LogP contribution is 2.34. The zero-order valence-corrected chi connectivity index (χ0v) is 13.7. The van der Waals surface area contributed by atoms with Crippen LogP contribution in [0.5, 0.6) is 0 Å². The van der Waals surface area contributed by atoms with Crippen molar-refractivity contribution in [3.05, 3.63) is 70.6 Å². The minimum atomic E-state index is -0.324. The zero-order valence-electron chi connectivity index (χ0n) is 12.8. The fourth-order valence-corrected chi connectivity index (χ4v) is 3.87. The van der Waals surface area contributed by atoms with Crippen LogP contribution in [-0.2, 0) is 6.54 Å². The van der Waals surface area contributed by atoms with Crippen molar-refractivity contribution in [2.45, 2.75) is 25.4 Å². The van der Waals surface area contributed by atoms with Gasteiger partial charge >= 0.3 is 0 Å². The molecule has 1 aliphatic rings. The van der Waals surface area contributed by atoms with Crippen molar-refractivity contribution >= 4 is 27.3 Å². The van der Waals surface area contributed by atoms with Crippen molar-refractivity contribution in [3.63, 3.8) is 0 Å². The highest BCUT2D eigenvalue weighted by Gasteiger charge is 2.34. The molecule has 5 heteroatoms. The predicted molar refractivity (Wildman–Crippen MR) is 91.1 cm³/mol. The van der Waals surface area contributed by atoms with Crippen LogP contribution in [-0.4, -0.2) is 16.8 Å². The van der Waals surface area contributed by atoms with Crippen molar-refractivity contribution in [1.82, 2.24) is 4.90 Å². The molecular formula is C19H15F2NOS. The van der Waals surface area contributed by atoms with Crippen LogP contribution in [0.2, 0.25) is 0 Å². The number of halogens is 2. The number of hydrogen-bond acceptors (Lipinski definition) is 2. The van der Waals surface area contributed by atoms with Gasteiger partial charge in [-0.2, -0.15) is 0 Å². The van der Waals surface area contributed by atoms with Gasteiger partial charge in [0, 0.05) is 28.2 Å². The average Bonchev–Trinajstić information content (AvgIpc) is 3.31. The third-order valence-electron chi connectivity index (χ3n) is 4.27. The topological polar surface area (TPSA) is 20.3 Å². The number of amides is 1. The van der Waals surface area contributed by atoms with E-state index in [1.165, 1.54) is 23.5 Å². The molecule has 4 rings (SSSR count). The Morgan fingerprint density at radius 1 is 1.08 bits per heavy atom. The number of nitrogens with zero attached hydrogens (tertiary/aromatic N) is 1. The number of hydrogen-bond donors (Lipinski definition) is 0. The molecule has 3 aromatic rings. The highest BCUT2D eigenvalue weighted by molar-refractivity contribution is 7.20. The van der Waals surface area contributed by atoms with E-state index in [1.807, 2.05) is 0 Å². The minimum Gasteiger partial charge on any atom is -0.331 e. The van der Waals surface area contributed by atoms with E-state index in [2.05, 4.69) is 0 Å². The lowest BCUT2D eigenvalue weighted by Gasteiger charge is -2.22. The van der Waals surface area contributed by atoms with Crippen LogP contribution in [0.4, 0.5) is 8.78 Å². The molecule has 0 radical (unpaired) electrons. The van der Waals surface area contributed by atoms with Gasteiger partial charge in [0.15, 0.2) is 0 Å². The smallest absolute Gasteiger partial charge is 0.264 e. The molecule has 1 heterocycles. The van der Waals surface area contributed by atoms with Gasteiger partial charge in [0.2, 0.25) is 0 Å². The molecule has 0 N–H and O–H groups in total. The fourth-order valence-electron chi connectivity index (χ4n) is 2.84. The van der Waals surface area contributed by atoms with Crippen molar-refractivity contribution in [1.29, 1.82) is 0 Å². The zero-order chi connectivity index (χ0) is 16.7. The van der Waals surface area contributed by atoms with Crippen molar-refractivity contribution < 1.29 is 13.6 Å². The summed E-state index contributed by atoms with van der Waals surface area (Å²) < 4.78 is 28.6. The number of thiophene rings is 1. The molecule has 0 aliphatic heterocycles. The van der Waals surface area contributed by atoms with E-state index in [0.717, 1.165) is 17.5 Å². The summed E-state index contributed by atoms with van der Waals surface area (Å²) in [7, 11) is 0. The summed E-state index contributed by atoms with van der Waals surface area (Å²) in [6.07, 6.45) is 1.86. The highest BCUT2D eigenvalue weighted by atomic mass is 32.1. The Labute approximate surface area is 142 Å². The lowest BCUT2D eigenvalue weighted by atomic mass is 10.2. The number of fused-ring (bicyclic) bond motifs is 1. The Morgan fingerprint density at radius 2 is 1.83 bits per heavy atom. The van der Waals surface area contributed by atoms with E-state index < -0.39 is 0 Å². The Morgan fingerprint density at radius 3 is 2.54 bits per heavy atom. The molecule has 2 aromatic carbocycles. The molecule has 0 unspecified atom stereocenters. The second-order valence-corrected chi connectivity index (χ2v) is 7.10. The van der Waals surface area contributed by atoms with Crippen LogP contribution in [0.3, 0.4) is 0 Å². The van der Waals surface area contributed by atoms with Crippen LogP contribution < -0.4 is 0 Å². The van der Waals surface area contributed by atoms with E-state index in [0.29, 0.717) is 15.8 Å². The molecule has 0 atom stereocenters. The van der Waals surface area contributed by atoms with Crippen LogP contribution in [0.1, 0.15) is 28.1 Å². The molecule has 122 valence electrons. The lowest BCUT2D eigenvalue weighted by molar-refractivity contribution is 0.0733. The second kappa shape index (κ2) is 5.98. The number of carbonyl (C=O) groups is 1. The molecule has 1 amide bonds. The summed E-state index contributed by atoms with van der Waals surface area (Å²) in [6.45, 7) is 0.243. The predicted octanol–water partition coefficient (Wildman–Crippen LogP) is 4.98. The first kappa shape index (κ1) is 15.3. The van der Waals surface area contributed by atoms with Gasteiger partial charge in [-0.1, -0.05) is 24.3 Å². The maximum atomic E-state index is 13.9. The van der Waals surface area contributed by atoms with Crippen molar-refractivity contribution in [3.8, 4) is 0 Å². The van der Waals surface area contributed by atoms with Crippen LogP contribution in [0.25, 0.3) is 10.1 Å². The van der Waals surface area contributed by atoms with Gasteiger partial charge in [0.25, 0.3) is 5.91 Å². The van der Waals surface area contributed by atoms with Crippen molar-refractivity contribution in [2.75, 3.05) is 0 Å². The van der Waals surface area contributed by atoms with E-state index in [1.54, 1.807) is 41.3 Å². The van der Waals surface area contributed by atoms with Gasteiger partial charge in [0.1, 0.15) is 11.6 Å². The molecule has 1 fully saturated rings. The first-order valence-corrected chi connectivity index (χ1v) is 8.67. The average molecular weight is 343 g/mol. The number of rotatable bonds is 4. The molecule has 1 aliphatic carbocycles. The van der Waals surface area contributed by atoms with E-state index in [9.17, 15) is 13.6 Å². The minimum absolute atomic E-state index is 0.146. The number of benzene rings is 2. The Bertz CT molecular complexity index is 917. The van der Waals surface area contributed by atoms with Crippen LogP contribution in [0, 0.1) is 11.6 Å². The normalized spacial score (nSPS) is 14.1. The Kier molecular flexibility index (Phi) is 3.81. The molecule has 0 saturated heterocycles.